The quantitative estimate of drug-likeness (QED) is 0.781. The highest BCUT2D eigenvalue weighted by Crippen LogP contribution is 2.35. The van der Waals surface area contributed by atoms with Gasteiger partial charge in [0, 0.05) is 0 Å². The average molecular weight is 357 g/mol. The van der Waals surface area contributed by atoms with E-state index in [9.17, 15) is 13.2 Å². The SMILES string of the molecule is COc1ccc(C#N)c(I)c1OCC(F)(F)F. The lowest BCUT2D eigenvalue weighted by atomic mass is 10.2. The van der Waals surface area contributed by atoms with Crippen molar-refractivity contribution in [2.45, 2.75) is 6.18 Å². The molecule has 1 rings (SSSR count). The molecule has 0 aliphatic rings. The van der Waals surface area contributed by atoms with Gasteiger partial charge in [-0.25, -0.2) is 0 Å². The van der Waals surface area contributed by atoms with E-state index in [0.717, 1.165) is 0 Å². The van der Waals surface area contributed by atoms with E-state index in [1.807, 2.05) is 6.07 Å². The van der Waals surface area contributed by atoms with Crippen molar-refractivity contribution in [2.24, 2.45) is 0 Å². The minimum absolute atomic E-state index is 0.0653. The molecule has 0 aliphatic heterocycles. The molecule has 1 aromatic carbocycles. The molecule has 0 aromatic heterocycles. The van der Waals surface area contributed by atoms with Crippen LogP contribution >= 0.6 is 22.6 Å². The van der Waals surface area contributed by atoms with Crippen LogP contribution < -0.4 is 9.47 Å². The van der Waals surface area contributed by atoms with Crippen molar-refractivity contribution >= 4 is 22.6 Å². The summed E-state index contributed by atoms with van der Waals surface area (Å²) in [5.41, 5.74) is 0.239. The first kappa shape index (κ1) is 13.9. The lowest BCUT2D eigenvalue weighted by Crippen LogP contribution is -2.20. The van der Waals surface area contributed by atoms with Crippen molar-refractivity contribution in [3.8, 4) is 17.6 Å². The van der Waals surface area contributed by atoms with E-state index in [-0.39, 0.29) is 17.1 Å². The van der Waals surface area contributed by atoms with Crippen LogP contribution in [0.4, 0.5) is 13.2 Å². The van der Waals surface area contributed by atoms with Gasteiger partial charge in [-0.3, -0.25) is 0 Å². The highest BCUT2D eigenvalue weighted by molar-refractivity contribution is 14.1. The van der Waals surface area contributed by atoms with Crippen LogP contribution in [0.15, 0.2) is 12.1 Å². The van der Waals surface area contributed by atoms with Gasteiger partial charge in [0.15, 0.2) is 18.1 Å². The molecule has 1 aromatic rings. The number of rotatable bonds is 3. The number of benzene rings is 1. The summed E-state index contributed by atoms with van der Waals surface area (Å²) in [4.78, 5) is 0. The molecule has 0 bridgehead atoms. The molecule has 0 radical (unpaired) electrons. The summed E-state index contributed by atoms with van der Waals surface area (Å²) >= 11 is 1.75. The summed E-state index contributed by atoms with van der Waals surface area (Å²) in [5, 5.41) is 8.76. The molecule has 3 nitrogen and oxygen atoms in total. The van der Waals surface area contributed by atoms with Crippen LogP contribution in [0.1, 0.15) is 5.56 Å². The Bertz CT molecular complexity index is 454. The molecule has 0 fully saturated rings. The number of hydrogen-bond donors (Lipinski definition) is 0. The van der Waals surface area contributed by atoms with Gasteiger partial charge in [0.1, 0.15) is 6.07 Å². The second-order valence-electron chi connectivity index (χ2n) is 2.97. The Morgan fingerprint density at radius 3 is 2.53 bits per heavy atom. The molecule has 0 heterocycles. The average Bonchev–Trinajstić information content (AvgIpc) is 2.25. The highest BCUT2D eigenvalue weighted by Gasteiger charge is 2.29. The Morgan fingerprint density at radius 1 is 1.41 bits per heavy atom. The third-order valence-corrected chi connectivity index (χ3v) is 2.85. The molecular formula is C10H7F3INO2. The van der Waals surface area contributed by atoms with Crippen LogP contribution in [0, 0.1) is 14.9 Å². The lowest BCUT2D eigenvalue weighted by molar-refractivity contribution is -0.153. The van der Waals surface area contributed by atoms with Gasteiger partial charge in [0.05, 0.1) is 16.2 Å². The number of hydrogen-bond acceptors (Lipinski definition) is 3. The molecule has 0 saturated heterocycles. The monoisotopic (exact) mass is 357 g/mol. The van der Waals surface area contributed by atoms with Gasteiger partial charge in [-0.15, -0.1) is 0 Å². The second-order valence-corrected chi connectivity index (χ2v) is 4.05. The van der Waals surface area contributed by atoms with E-state index < -0.39 is 12.8 Å². The number of alkyl halides is 3. The number of halogens is 4. The molecule has 0 N–H and O–H groups in total. The zero-order valence-corrected chi connectivity index (χ0v) is 10.8. The summed E-state index contributed by atoms with van der Waals surface area (Å²) in [6.07, 6.45) is -4.43. The summed E-state index contributed by atoms with van der Waals surface area (Å²) in [5.74, 6) is 0.0992. The van der Waals surface area contributed by atoms with Crippen LogP contribution in [-0.2, 0) is 0 Å². The molecule has 0 amide bonds. The van der Waals surface area contributed by atoms with Gasteiger partial charge in [-0.05, 0) is 34.7 Å². The molecular weight excluding hydrogens is 350 g/mol. The Hall–Kier alpha value is -1.17. The van der Waals surface area contributed by atoms with Gasteiger partial charge in [0.25, 0.3) is 0 Å². The Morgan fingerprint density at radius 2 is 2.06 bits per heavy atom. The van der Waals surface area contributed by atoms with Crippen molar-refractivity contribution in [3.05, 3.63) is 21.3 Å². The standard InChI is InChI=1S/C10H7F3INO2/c1-16-7-3-2-6(4-15)8(14)9(7)17-5-10(11,12)13/h2-3H,5H2,1H3. The van der Waals surface area contributed by atoms with E-state index in [1.165, 1.54) is 19.2 Å². The second kappa shape index (κ2) is 5.44. The predicted octanol–water partition coefficient (Wildman–Crippen LogP) is 3.11. The summed E-state index contributed by atoms with van der Waals surface area (Å²) < 4.78 is 46.0. The van der Waals surface area contributed by atoms with Crippen molar-refractivity contribution in [1.29, 1.82) is 5.26 Å². The van der Waals surface area contributed by atoms with E-state index in [0.29, 0.717) is 3.57 Å². The predicted molar refractivity (Wildman–Crippen MR) is 62.0 cm³/mol. The van der Waals surface area contributed by atoms with Crippen molar-refractivity contribution in [2.75, 3.05) is 13.7 Å². The fraction of sp³-hybridized carbons (Fsp3) is 0.300. The molecule has 0 saturated carbocycles. The number of methoxy groups -OCH3 is 1. The third-order valence-electron chi connectivity index (χ3n) is 1.78. The van der Waals surface area contributed by atoms with Crippen LogP contribution in [0.25, 0.3) is 0 Å². The lowest BCUT2D eigenvalue weighted by Gasteiger charge is -2.14. The van der Waals surface area contributed by atoms with Crippen LogP contribution in [0.3, 0.4) is 0 Å². The Kier molecular flexibility index (Phi) is 4.45. The van der Waals surface area contributed by atoms with E-state index in [2.05, 4.69) is 4.74 Å². The number of nitriles is 1. The van der Waals surface area contributed by atoms with Crippen LogP contribution in [-0.4, -0.2) is 19.9 Å². The first-order valence-corrected chi connectivity index (χ1v) is 5.43. The van der Waals surface area contributed by atoms with E-state index >= 15 is 0 Å². The molecule has 0 aliphatic carbocycles. The molecule has 0 spiro atoms. The molecule has 17 heavy (non-hydrogen) atoms. The first-order chi connectivity index (χ1) is 7.89. The maximum atomic E-state index is 12.1. The minimum Gasteiger partial charge on any atom is -0.493 e. The van der Waals surface area contributed by atoms with Crippen molar-refractivity contribution in [3.63, 3.8) is 0 Å². The van der Waals surface area contributed by atoms with Crippen LogP contribution in [0.2, 0.25) is 0 Å². The largest absolute Gasteiger partial charge is 0.493 e. The number of ether oxygens (including phenoxy) is 2. The van der Waals surface area contributed by atoms with Gasteiger partial charge in [0.2, 0.25) is 0 Å². The topological polar surface area (TPSA) is 42.2 Å². The molecule has 92 valence electrons. The van der Waals surface area contributed by atoms with Gasteiger partial charge in [-0.2, -0.15) is 18.4 Å². The summed E-state index contributed by atoms with van der Waals surface area (Å²) in [6, 6.07) is 4.71. The van der Waals surface area contributed by atoms with Crippen molar-refractivity contribution in [1.82, 2.24) is 0 Å². The zero-order valence-electron chi connectivity index (χ0n) is 8.64. The van der Waals surface area contributed by atoms with Gasteiger partial charge in [-0.1, -0.05) is 0 Å². The summed E-state index contributed by atoms with van der Waals surface area (Å²) in [6.45, 7) is -1.42. The normalized spacial score (nSPS) is 10.8. The Balaban J connectivity index is 3.07. The van der Waals surface area contributed by atoms with Gasteiger partial charge >= 0.3 is 6.18 Å². The van der Waals surface area contributed by atoms with E-state index in [1.54, 1.807) is 22.6 Å². The molecule has 7 heteroatoms. The maximum absolute atomic E-state index is 12.1. The maximum Gasteiger partial charge on any atom is 0.422 e. The van der Waals surface area contributed by atoms with E-state index in [4.69, 9.17) is 10.00 Å². The zero-order chi connectivity index (χ0) is 13.1. The smallest absolute Gasteiger partial charge is 0.422 e. The van der Waals surface area contributed by atoms with Crippen molar-refractivity contribution < 1.29 is 22.6 Å². The van der Waals surface area contributed by atoms with Gasteiger partial charge < -0.3 is 9.47 Å². The number of nitrogens with zero attached hydrogens (tertiary/aromatic N) is 1. The minimum atomic E-state index is -4.43. The highest BCUT2D eigenvalue weighted by atomic mass is 127. The molecule has 0 unspecified atom stereocenters. The van der Waals surface area contributed by atoms with Crippen LogP contribution in [0.5, 0.6) is 11.5 Å². The Labute approximate surface area is 109 Å². The first-order valence-electron chi connectivity index (χ1n) is 4.35. The summed E-state index contributed by atoms with van der Waals surface area (Å²) in [7, 11) is 1.32. The molecule has 0 atom stereocenters. The fourth-order valence-corrected chi connectivity index (χ4v) is 1.80. The third kappa shape index (κ3) is 3.66. The fourth-order valence-electron chi connectivity index (χ4n) is 1.07.